The Morgan fingerprint density at radius 2 is 2.24 bits per heavy atom. The number of carbonyl (C=O) groups is 1. The third-order valence-electron chi connectivity index (χ3n) is 4.18. The molecule has 0 aliphatic heterocycles. The molecule has 2 aliphatic rings. The van der Waals surface area contributed by atoms with Gasteiger partial charge in [0.1, 0.15) is 0 Å². The lowest BCUT2D eigenvalue weighted by Crippen LogP contribution is -2.29. The van der Waals surface area contributed by atoms with Crippen molar-refractivity contribution in [3.05, 3.63) is 11.1 Å². The van der Waals surface area contributed by atoms with Crippen LogP contribution in [0, 0.1) is 11.8 Å². The number of rotatable bonds is 4. The quantitative estimate of drug-likeness (QED) is 0.547. The zero-order chi connectivity index (χ0) is 12.3. The van der Waals surface area contributed by atoms with E-state index in [1.165, 1.54) is 31.3 Å². The van der Waals surface area contributed by atoms with Crippen LogP contribution in [0.15, 0.2) is 11.1 Å². The fourth-order valence-corrected chi connectivity index (χ4v) is 3.41. The summed E-state index contributed by atoms with van der Waals surface area (Å²) in [7, 11) is 0. The van der Waals surface area contributed by atoms with Gasteiger partial charge >= 0.3 is 5.97 Å². The molecule has 96 valence electrons. The lowest BCUT2D eigenvalue weighted by atomic mass is 9.69. The van der Waals surface area contributed by atoms with Gasteiger partial charge in [0.25, 0.3) is 0 Å². The zero-order valence-electron chi connectivity index (χ0n) is 11.1. The van der Waals surface area contributed by atoms with E-state index in [-0.39, 0.29) is 11.9 Å². The molecule has 2 atom stereocenters. The van der Waals surface area contributed by atoms with E-state index in [9.17, 15) is 4.79 Å². The van der Waals surface area contributed by atoms with Crippen molar-refractivity contribution >= 4 is 5.97 Å². The van der Waals surface area contributed by atoms with Crippen molar-refractivity contribution in [2.45, 2.75) is 58.8 Å². The summed E-state index contributed by atoms with van der Waals surface area (Å²) in [6.07, 6.45) is 8.07. The van der Waals surface area contributed by atoms with Gasteiger partial charge in [-0.2, -0.15) is 0 Å². The second-order valence-electron chi connectivity index (χ2n) is 5.40. The summed E-state index contributed by atoms with van der Waals surface area (Å²) in [6.45, 7) is 4.80. The second kappa shape index (κ2) is 5.70. The summed E-state index contributed by atoms with van der Waals surface area (Å²) in [5.74, 6) is 0.863. The van der Waals surface area contributed by atoms with Crippen LogP contribution in [-0.2, 0) is 9.53 Å². The number of fused-ring (bicyclic) bond motifs is 2. The van der Waals surface area contributed by atoms with E-state index in [0.29, 0.717) is 6.61 Å². The summed E-state index contributed by atoms with van der Waals surface area (Å²) in [5.41, 5.74) is 2.98. The fraction of sp³-hybridized carbons (Fsp3) is 0.800. The monoisotopic (exact) mass is 236 g/mol. The van der Waals surface area contributed by atoms with Crippen molar-refractivity contribution in [1.29, 1.82) is 0 Å². The van der Waals surface area contributed by atoms with Gasteiger partial charge in [-0.3, -0.25) is 4.79 Å². The van der Waals surface area contributed by atoms with Crippen molar-refractivity contribution < 1.29 is 9.53 Å². The van der Waals surface area contributed by atoms with E-state index in [0.717, 1.165) is 25.2 Å². The molecule has 1 saturated carbocycles. The van der Waals surface area contributed by atoms with E-state index in [1.807, 2.05) is 6.92 Å². The third-order valence-corrected chi connectivity index (χ3v) is 4.18. The standard InChI is InChI=1S/C15H24O2/c1-3-8-17-15(16)14-10-11-6-5-7-12(9-11)13(14)4-2/h11,14H,3-10H2,1-2H3. The Morgan fingerprint density at radius 3 is 2.94 bits per heavy atom. The summed E-state index contributed by atoms with van der Waals surface area (Å²) in [4.78, 5) is 12.1. The molecule has 2 unspecified atom stereocenters. The number of allylic oxidation sites excluding steroid dienone is 1. The van der Waals surface area contributed by atoms with Crippen molar-refractivity contribution in [2.75, 3.05) is 6.61 Å². The van der Waals surface area contributed by atoms with Gasteiger partial charge in [0.15, 0.2) is 0 Å². The van der Waals surface area contributed by atoms with Gasteiger partial charge in [0.2, 0.25) is 0 Å². The average molecular weight is 236 g/mol. The van der Waals surface area contributed by atoms with Gasteiger partial charge in [0, 0.05) is 0 Å². The maximum absolute atomic E-state index is 12.1. The lowest BCUT2D eigenvalue weighted by molar-refractivity contribution is -0.148. The van der Waals surface area contributed by atoms with Crippen LogP contribution in [0.1, 0.15) is 58.8 Å². The molecule has 0 aromatic rings. The van der Waals surface area contributed by atoms with E-state index >= 15 is 0 Å². The fourth-order valence-electron chi connectivity index (χ4n) is 3.41. The Kier molecular flexibility index (Phi) is 4.25. The van der Waals surface area contributed by atoms with Crippen molar-refractivity contribution in [3.63, 3.8) is 0 Å². The van der Waals surface area contributed by atoms with Crippen LogP contribution < -0.4 is 0 Å². The summed E-state index contributed by atoms with van der Waals surface area (Å²) >= 11 is 0. The number of hydrogen-bond donors (Lipinski definition) is 0. The van der Waals surface area contributed by atoms with Crippen LogP contribution in [0.3, 0.4) is 0 Å². The molecule has 0 aromatic heterocycles. The molecule has 2 rings (SSSR count). The molecular formula is C15H24O2. The predicted octanol–water partition coefficient (Wildman–Crippen LogP) is 3.86. The minimum Gasteiger partial charge on any atom is -0.465 e. The number of ether oxygens (including phenoxy) is 1. The molecule has 0 spiro atoms. The molecule has 2 aliphatic carbocycles. The summed E-state index contributed by atoms with van der Waals surface area (Å²) < 4.78 is 5.35. The topological polar surface area (TPSA) is 26.3 Å². The number of carbonyl (C=O) groups excluding carboxylic acids is 1. The van der Waals surface area contributed by atoms with Crippen LogP contribution in [0.5, 0.6) is 0 Å². The molecule has 0 radical (unpaired) electrons. The normalized spacial score (nSPS) is 28.1. The molecule has 0 heterocycles. The highest BCUT2D eigenvalue weighted by Crippen LogP contribution is 2.43. The summed E-state index contributed by atoms with van der Waals surface area (Å²) in [5, 5.41) is 0. The van der Waals surface area contributed by atoms with E-state index < -0.39 is 0 Å². The van der Waals surface area contributed by atoms with Crippen LogP contribution in [0.25, 0.3) is 0 Å². The zero-order valence-corrected chi connectivity index (χ0v) is 11.1. The molecule has 1 fully saturated rings. The van der Waals surface area contributed by atoms with Gasteiger partial charge in [-0.05, 0) is 50.9 Å². The maximum atomic E-state index is 12.1. The van der Waals surface area contributed by atoms with E-state index in [4.69, 9.17) is 4.74 Å². The minimum absolute atomic E-state index is 0.0350. The van der Waals surface area contributed by atoms with Crippen LogP contribution in [-0.4, -0.2) is 12.6 Å². The highest BCUT2D eigenvalue weighted by atomic mass is 16.5. The SMILES string of the molecule is CCCOC(=O)C1CC2CCCC(=C1CC)C2. The lowest BCUT2D eigenvalue weighted by Gasteiger charge is -2.36. The molecule has 17 heavy (non-hydrogen) atoms. The largest absolute Gasteiger partial charge is 0.465 e. The molecule has 0 N–H and O–H groups in total. The van der Waals surface area contributed by atoms with Gasteiger partial charge in [0.05, 0.1) is 12.5 Å². The predicted molar refractivity (Wildman–Crippen MR) is 68.6 cm³/mol. The van der Waals surface area contributed by atoms with Crippen molar-refractivity contribution in [3.8, 4) is 0 Å². The minimum atomic E-state index is 0.0350. The maximum Gasteiger partial charge on any atom is 0.313 e. The Labute approximate surface area is 104 Å². The van der Waals surface area contributed by atoms with Crippen LogP contribution >= 0.6 is 0 Å². The van der Waals surface area contributed by atoms with E-state index in [1.54, 1.807) is 5.57 Å². The van der Waals surface area contributed by atoms with Gasteiger partial charge < -0.3 is 4.74 Å². The highest BCUT2D eigenvalue weighted by Gasteiger charge is 2.35. The van der Waals surface area contributed by atoms with Gasteiger partial charge in [-0.1, -0.05) is 25.0 Å². The molecule has 0 saturated heterocycles. The number of hydrogen-bond acceptors (Lipinski definition) is 2. The first-order valence-corrected chi connectivity index (χ1v) is 7.13. The molecule has 0 amide bonds. The molecule has 2 bridgehead atoms. The smallest absolute Gasteiger partial charge is 0.313 e. The average Bonchev–Trinajstić information content (AvgIpc) is 2.35. The molecule has 0 aromatic carbocycles. The molecular weight excluding hydrogens is 212 g/mol. The Balaban J connectivity index is 2.12. The first-order valence-electron chi connectivity index (χ1n) is 7.13. The Bertz CT molecular complexity index is 317. The second-order valence-corrected chi connectivity index (χ2v) is 5.40. The molecule has 2 heteroatoms. The Hall–Kier alpha value is -0.790. The van der Waals surface area contributed by atoms with Crippen LogP contribution in [0.2, 0.25) is 0 Å². The number of esters is 1. The van der Waals surface area contributed by atoms with Crippen molar-refractivity contribution in [1.82, 2.24) is 0 Å². The third kappa shape index (κ3) is 2.72. The Morgan fingerprint density at radius 1 is 1.41 bits per heavy atom. The molecule has 2 nitrogen and oxygen atoms in total. The first kappa shape index (κ1) is 12.7. The highest BCUT2D eigenvalue weighted by molar-refractivity contribution is 5.76. The van der Waals surface area contributed by atoms with Crippen molar-refractivity contribution in [2.24, 2.45) is 11.8 Å². The van der Waals surface area contributed by atoms with E-state index in [2.05, 4.69) is 6.92 Å². The first-order chi connectivity index (χ1) is 8.26. The van der Waals surface area contributed by atoms with Gasteiger partial charge in [-0.15, -0.1) is 0 Å². The van der Waals surface area contributed by atoms with Gasteiger partial charge in [-0.25, -0.2) is 0 Å². The summed E-state index contributed by atoms with van der Waals surface area (Å²) in [6, 6.07) is 0. The van der Waals surface area contributed by atoms with Crippen LogP contribution in [0.4, 0.5) is 0 Å².